The zero-order valence-electron chi connectivity index (χ0n) is 12.3. The molecule has 1 atom stereocenters. The number of amides is 1. The molecule has 1 saturated carbocycles. The lowest BCUT2D eigenvalue weighted by Crippen LogP contribution is -2.39. The Balaban J connectivity index is 2.29. The molecule has 106 valence electrons. The molecule has 3 nitrogen and oxygen atoms in total. The van der Waals surface area contributed by atoms with E-state index in [9.17, 15) is 4.79 Å². The molecule has 0 radical (unpaired) electrons. The second-order valence-corrected chi connectivity index (χ2v) is 6.94. The van der Waals surface area contributed by atoms with Crippen LogP contribution in [-0.4, -0.2) is 23.7 Å². The van der Waals surface area contributed by atoms with Crippen molar-refractivity contribution in [2.24, 2.45) is 17.3 Å². The van der Waals surface area contributed by atoms with Gasteiger partial charge in [-0.1, -0.05) is 27.7 Å². The number of hydrogen-bond acceptors (Lipinski definition) is 2. The number of nitrogens with one attached hydrogen (secondary N) is 1. The molecule has 2 N–H and O–H groups in total. The van der Waals surface area contributed by atoms with E-state index in [0.717, 1.165) is 25.7 Å². The lowest BCUT2D eigenvalue weighted by Gasteiger charge is -2.30. The van der Waals surface area contributed by atoms with Crippen LogP contribution >= 0.6 is 0 Å². The summed E-state index contributed by atoms with van der Waals surface area (Å²) in [5, 5.41) is 12.2. The van der Waals surface area contributed by atoms with Gasteiger partial charge in [-0.25, -0.2) is 0 Å². The number of hydrogen-bond donors (Lipinski definition) is 2. The highest BCUT2D eigenvalue weighted by Crippen LogP contribution is 2.28. The van der Waals surface area contributed by atoms with Crippen molar-refractivity contribution in [3.63, 3.8) is 0 Å². The molecule has 0 spiro atoms. The van der Waals surface area contributed by atoms with E-state index in [2.05, 4.69) is 33.0 Å². The summed E-state index contributed by atoms with van der Waals surface area (Å²) in [4.78, 5) is 12.0. The van der Waals surface area contributed by atoms with Crippen LogP contribution in [0.3, 0.4) is 0 Å². The second kappa shape index (κ2) is 6.55. The monoisotopic (exact) mass is 255 g/mol. The van der Waals surface area contributed by atoms with E-state index in [1.807, 2.05) is 0 Å². The molecular weight excluding hydrogens is 226 g/mol. The zero-order valence-corrected chi connectivity index (χ0v) is 12.3. The molecule has 0 aliphatic heterocycles. The van der Waals surface area contributed by atoms with E-state index in [1.54, 1.807) is 0 Å². The summed E-state index contributed by atoms with van der Waals surface area (Å²) in [7, 11) is 0. The summed E-state index contributed by atoms with van der Waals surface area (Å²) in [6.07, 6.45) is 4.72. The maximum atomic E-state index is 12.0. The first-order valence-corrected chi connectivity index (χ1v) is 7.23. The van der Waals surface area contributed by atoms with E-state index in [4.69, 9.17) is 5.11 Å². The van der Waals surface area contributed by atoms with E-state index < -0.39 is 0 Å². The lowest BCUT2D eigenvalue weighted by molar-refractivity contribution is -0.123. The summed E-state index contributed by atoms with van der Waals surface area (Å²) >= 11 is 0. The highest BCUT2D eigenvalue weighted by molar-refractivity contribution is 5.76. The largest absolute Gasteiger partial charge is 0.396 e. The van der Waals surface area contributed by atoms with Crippen LogP contribution in [0.2, 0.25) is 0 Å². The van der Waals surface area contributed by atoms with Crippen molar-refractivity contribution in [1.29, 1.82) is 0 Å². The molecule has 1 aliphatic carbocycles. The third-order valence-electron chi connectivity index (χ3n) is 4.44. The van der Waals surface area contributed by atoms with Gasteiger partial charge in [0, 0.05) is 19.1 Å². The van der Waals surface area contributed by atoms with Gasteiger partial charge in [-0.15, -0.1) is 0 Å². The Hall–Kier alpha value is -0.570. The summed E-state index contributed by atoms with van der Waals surface area (Å²) < 4.78 is 0. The first-order chi connectivity index (χ1) is 8.32. The number of rotatable bonds is 4. The third kappa shape index (κ3) is 4.97. The Labute approximate surface area is 111 Å². The molecule has 0 aromatic carbocycles. The van der Waals surface area contributed by atoms with Crippen molar-refractivity contribution in [2.75, 3.05) is 6.61 Å². The fourth-order valence-corrected chi connectivity index (χ4v) is 2.36. The molecule has 1 unspecified atom stereocenters. The van der Waals surface area contributed by atoms with Gasteiger partial charge in [0.05, 0.1) is 0 Å². The van der Waals surface area contributed by atoms with Gasteiger partial charge < -0.3 is 10.4 Å². The van der Waals surface area contributed by atoms with Crippen LogP contribution in [0.5, 0.6) is 0 Å². The number of carbonyl (C=O) groups is 1. The molecule has 1 aliphatic rings. The molecule has 0 aromatic heterocycles. The Morgan fingerprint density at radius 1 is 1.28 bits per heavy atom. The van der Waals surface area contributed by atoms with Crippen molar-refractivity contribution < 1.29 is 9.90 Å². The molecular formula is C15H29NO2. The van der Waals surface area contributed by atoms with E-state index in [0.29, 0.717) is 30.9 Å². The van der Waals surface area contributed by atoms with Gasteiger partial charge >= 0.3 is 0 Å². The second-order valence-electron chi connectivity index (χ2n) is 6.94. The molecule has 0 saturated heterocycles. The van der Waals surface area contributed by atoms with Gasteiger partial charge in [-0.3, -0.25) is 4.79 Å². The standard InChI is InChI=1S/C15H29NO2/c1-11(15(2,3)4)9-14(18)16-13-7-5-12(10-17)6-8-13/h11-13,17H,5-10H2,1-4H3,(H,16,18). The van der Waals surface area contributed by atoms with Crippen molar-refractivity contribution in [3.8, 4) is 0 Å². The Bertz CT molecular complexity index is 262. The Morgan fingerprint density at radius 2 is 1.83 bits per heavy atom. The molecule has 0 heterocycles. The van der Waals surface area contributed by atoms with Crippen molar-refractivity contribution >= 4 is 5.91 Å². The minimum Gasteiger partial charge on any atom is -0.396 e. The minimum atomic E-state index is 0.185. The first-order valence-electron chi connectivity index (χ1n) is 7.23. The van der Waals surface area contributed by atoms with Gasteiger partial charge in [0.2, 0.25) is 5.91 Å². The molecule has 0 bridgehead atoms. The molecule has 3 heteroatoms. The quantitative estimate of drug-likeness (QED) is 0.811. The molecule has 1 amide bonds. The number of aliphatic hydroxyl groups is 1. The normalized spacial score (nSPS) is 26.7. The van der Waals surface area contributed by atoms with Crippen molar-refractivity contribution in [1.82, 2.24) is 5.32 Å². The van der Waals surface area contributed by atoms with Gasteiger partial charge in [-0.2, -0.15) is 0 Å². The molecule has 1 rings (SSSR count). The van der Waals surface area contributed by atoms with Crippen LogP contribution in [-0.2, 0) is 4.79 Å². The van der Waals surface area contributed by atoms with Crippen LogP contribution in [0.25, 0.3) is 0 Å². The summed E-state index contributed by atoms with van der Waals surface area (Å²) in [6, 6.07) is 0.326. The summed E-state index contributed by atoms with van der Waals surface area (Å²) in [6.45, 7) is 8.97. The van der Waals surface area contributed by atoms with Gasteiger partial charge in [0.25, 0.3) is 0 Å². The van der Waals surface area contributed by atoms with Crippen molar-refractivity contribution in [3.05, 3.63) is 0 Å². The average molecular weight is 255 g/mol. The molecule has 0 aromatic rings. The minimum absolute atomic E-state index is 0.185. The maximum absolute atomic E-state index is 12.0. The van der Waals surface area contributed by atoms with E-state index >= 15 is 0 Å². The smallest absolute Gasteiger partial charge is 0.220 e. The van der Waals surface area contributed by atoms with Crippen LogP contribution < -0.4 is 5.32 Å². The SMILES string of the molecule is CC(CC(=O)NC1CCC(CO)CC1)C(C)(C)C. The molecule has 1 fully saturated rings. The third-order valence-corrected chi connectivity index (χ3v) is 4.44. The van der Waals surface area contributed by atoms with Gasteiger partial charge in [-0.05, 0) is 42.9 Å². The number of carbonyl (C=O) groups excluding carboxylic acids is 1. The summed E-state index contributed by atoms with van der Waals surface area (Å²) in [5.41, 5.74) is 0.186. The lowest BCUT2D eigenvalue weighted by atomic mass is 9.80. The Kier molecular flexibility index (Phi) is 5.64. The topological polar surface area (TPSA) is 49.3 Å². The predicted octanol–water partition coefficient (Wildman–Crippen LogP) is 2.73. The van der Waals surface area contributed by atoms with Crippen LogP contribution in [0.15, 0.2) is 0 Å². The Morgan fingerprint density at radius 3 is 2.28 bits per heavy atom. The first kappa shape index (κ1) is 15.5. The van der Waals surface area contributed by atoms with Crippen molar-refractivity contribution in [2.45, 2.75) is 65.8 Å². The average Bonchev–Trinajstić information content (AvgIpc) is 2.28. The highest BCUT2D eigenvalue weighted by Gasteiger charge is 2.25. The summed E-state index contributed by atoms with van der Waals surface area (Å²) in [5.74, 6) is 1.03. The van der Waals surface area contributed by atoms with E-state index in [1.165, 1.54) is 0 Å². The highest BCUT2D eigenvalue weighted by atomic mass is 16.3. The predicted molar refractivity (Wildman–Crippen MR) is 74.2 cm³/mol. The van der Waals surface area contributed by atoms with Gasteiger partial charge in [0.15, 0.2) is 0 Å². The van der Waals surface area contributed by atoms with Crippen LogP contribution in [0.1, 0.15) is 59.8 Å². The fraction of sp³-hybridized carbons (Fsp3) is 0.933. The number of aliphatic hydroxyl groups excluding tert-OH is 1. The van der Waals surface area contributed by atoms with E-state index in [-0.39, 0.29) is 11.3 Å². The van der Waals surface area contributed by atoms with Crippen LogP contribution in [0.4, 0.5) is 0 Å². The zero-order chi connectivity index (χ0) is 13.8. The van der Waals surface area contributed by atoms with Gasteiger partial charge in [0.1, 0.15) is 0 Å². The maximum Gasteiger partial charge on any atom is 0.220 e. The molecule has 18 heavy (non-hydrogen) atoms. The fourth-order valence-electron chi connectivity index (χ4n) is 2.36. The van der Waals surface area contributed by atoms with Crippen LogP contribution in [0, 0.1) is 17.3 Å².